The fraction of sp³-hybridized carbons (Fsp3) is 1.00. The van der Waals surface area contributed by atoms with Gasteiger partial charge >= 0.3 is 0 Å². The summed E-state index contributed by atoms with van der Waals surface area (Å²) in [6.07, 6.45) is 8.99. The summed E-state index contributed by atoms with van der Waals surface area (Å²) in [4.78, 5) is 0. The molecule has 0 aliphatic carbocycles. The molecular weight excluding hydrogens is 176 g/mol. The van der Waals surface area contributed by atoms with Gasteiger partial charge in [-0.1, -0.05) is 46.0 Å². The number of hydrogen-bond donors (Lipinski definition) is 1. The number of unbranched alkanes of at least 4 members (excludes halogenated alkanes) is 3. The van der Waals surface area contributed by atoms with Crippen LogP contribution in [0.3, 0.4) is 0 Å². The lowest BCUT2D eigenvalue weighted by Gasteiger charge is -2.16. The molecule has 0 rings (SSSR count). The van der Waals surface area contributed by atoms with Crippen molar-refractivity contribution in [3.8, 4) is 0 Å². The number of aliphatic hydroxyl groups is 1. The molecule has 0 aromatic heterocycles. The average molecular weight is 202 g/mol. The van der Waals surface area contributed by atoms with Crippen molar-refractivity contribution in [1.29, 1.82) is 0 Å². The van der Waals surface area contributed by atoms with E-state index in [1.54, 1.807) is 0 Å². The van der Waals surface area contributed by atoms with E-state index in [9.17, 15) is 0 Å². The molecule has 0 aromatic carbocycles. The molecule has 0 fully saturated rings. The largest absolute Gasteiger partial charge is 0.394 e. The van der Waals surface area contributed by atoms with Crippen LogP contribution in [-0.4, -0.2) is 24.4 Å². The molecule has 86 valence electrons. The first-order valence-electron chi connectivity index (χ1n) is 6.07. The van der Waals surface area contributed by atoms with Gasteiger partial charge in [-0.2, -0.15) is 0 Å². The second-order valence-electron chi connectivity index (χ2n) is 3.85. The van der Waals surface area contributed by atoms with Crippen LogP contribution >= 0.6 is 0 Å². The predicted octanol–water partition coefficient (Wildman–Crippen LogP) is 3.13. The molecule has 1 unspecified atom stereocenters. The Balaban J connectivity index is 3.49. The SMILES string of the molecule is CCCCCC(CCCC)OCCO. The van der Waals surface area contributed by atoms with Crippen LogP contribution in [0.5, 0.6) is 0 Å². The van der Waals surface area contributed by atoms with Gasteiger partial charge < -0.3 is 9.84 Å². The monoisotopic (exact) mass is 202 g/mol. The van der Waals surface area contributed by atoms with Crippen molar-refractivity contribution in [2.24, 2.45) is 0 Å². The Hall–Kier alpha value is -0.0800. The van der Waals surface area contributed by atoms with Crippen LogP contribution in [0.2, 0.25) is 0 Å². The molecule has 0 radical (unpaired) electrons. The van der Waals surface area contributed by atoms with E-state index in [4.69, 9.17) is 9.84 Å². The van der Waals surface area contributed by atoms with Gasteiger partial charge in [-0.3, -0.25) is 0 Å². The maximum Gasteiger partial charge on any atom is 0.0701 e. The van der Waals surface area contributed by atoms with Gasteiger partial charge in [0.15, 0.2) is 0 Å². The standard InChI is InChI=1S/C12H26O2/c1-3-5-7-9-12(8-6-4-2)14-11-10-13/h12-13H,3-11H2,1-2H3. The molecule has 0 aliphatic rings. The quantitative estimate of drug-likeness (QED) is 0.551. The van der Waals surface area contributed by atoms with E-state index in [1.807, 2.05) is 0 Å². The van der Waals surface area contributed by atoms with E-state index in [0.29, 0.717) is 12.7 Å². The van der Waals surface area contributed by atoms with E-state index < -0.39 is 0 Å². The van der Waals surface area contributed by atoms with Crippen LogP contribution in [-0.2, 0) is 4.74 Å². The molecular formula is C12H26O2. The van der Waals surface area contributed by atoms with Crippen molar-refractivity contribution in [2.45, 2.75) is 64.9 Å². The third kappa shape index (κ3) is 8.52. The maximum absolute atomic E-state index is 8.69. The van der Waals surface area contributed by atoms with Crippen molar-refractivity contribution in [2.75, 3.05) is 13.2 Å². The van der Waals surface area contributed by atoms with Crippen LogP contribution in [0, 0.1) is 0 Å². The molecule has 0 aromatic rings. The number of rotatable bonds is 10. The minimum absolute atomic E-state index is 0.149. The van der Waals surface area contributed by atoms with Crippen LogP contribution in [0.1, 0.15) is 58.8 Å². The molecule has 1 atom stereocenters. The van der Waals surface area contributed by atoms with Gasteiger partial charge in [0, 0.05) is 0 Å². The first kappa shape index (κ1) is 13.9. The summed E-state index contributed by atoms with van der Waals surface area (Å²) in [6, 6.07) is 0. The Kier molecular flexibility index (Phi) is 10.9. The van der Waals surface area contributed by atoms with Crippen molar-refractivity contribution in [3.05, 3.63) is 0 Å². The molecule has 0 saturated heterocycles. The van der Waals surface area contributed by atoms with Crippen molar-refractivity contribution in [1.82, 2.24) is 0 Å². The molecule has 1 N–H and O–H groups in total. The predicted molar refractivity (Wildman–Crippen MR) is 60.5 cm³/mol. The Morgan fingerprint density at radius 3 is 2.21 bits per heavy atom. The summed E-state index contributed by atoms with van der Waals surface area (Å²) in [5.74, 6) is 0. The van der Waals surface area contributed by atoms with Gasteiger partial charge in [0.1, 0.15) is 0 Å². The summed E-state index contributed by atoms with van der Waals surface area (Å²) in [7, 11) is 0. The molecule has 0 spiro atoms. The number of ether oxygens (including phenoxy) is 1. The summed E-state index contributed by atoms with van der Waals surface area (Å²) >= 11 is 0. The first-order chi connectivity index (χ1) is 6.85. The van der Waals surface area contributed by atoms with Crippen LogP contribution < -0.4 is 0 Å². The Morgan fingerprint density at radius 1 is 1.00 bits per heavy atom. The minimum atomic E-state index is 0.149. The number of hydrogen-bond acceptors (Lipinski definition) is 2. The van der Waals surface area contributed by atoms with E-state index in [2.05, 4.69) is 13.8 Å². The third-order valence-electron chi connectivity index (χ3n) is 2.45. The Labute approximate surface area is 88.7 Å². The molecule has 0 saturated carbocycles. The summed E-state index contributed by atoms with van der Waals surface area (Å²) in [6.45, 7) is 5.07. The zero-order valence-electron chi connectivity index (χ0n) is 9.80. The van der Waals surface area contributed by atoms with Crippen LogP contribution in [0.25, 0.3) is 0 Å². The molecule has 0 aliphatic heterocycles. The highest BCUT2D eigenvalue weighted by atomic mass is 16.5. The lowest BCUT2D eigenvalue weighted by atomic mass is 10.1. The van der Waals surface area contributed by atoms with Gasteiger partial charge in [0.2, 0.25) is 0 Å². The summed E-state index contributed by atoms with van der Waals surface area (Å²) < 4.78 is 5.59. The first-order valence-corrected chi connectivity index (χ1v) is 6.07. The molecule has 2 nitrogen and oxygen atoms in total. The zero-order valence-corrected chi connectivity index (χ0v) is 9.80. The van der Waals surface area contributed by atoms with Crippen molar-refractivity contribution < 1.29 is 9.84 Å². The van der Waals surface area contributed by atoms with E-state index in [0.717, 1.165) is 12.8 Å². The minimum Gasteiger partial charge on any atom is -0.394 e. The van der Waals surface area contributed by atoms with Gasteiger partial charge in [0.25, 0.3) is 0 Å². The number of aliphatic hydroxyl groups excluding tert-OH is 1. The average Bonchev–Trinajstić information content (AvgIpc) is 2.21. The fourth-order valence-corrected chi connectivity index (χ4v) is 1.58. The normalized spacial score (nSPS) is 13.1. The van der Waals surface area contributed by atoms with Crippen LogP contribution in [0.4, 0.5) is 0 Å². The van der Waals surface area contributed by atoms with Crippen LogP contribution in [0.15, 0.2) is 0 Å². The second kappa shape index (κ2) is 11.0. The molecule has 0 bridgehead atoms. The lowest BCUT2D eigenvalue weighted by Crippen LogP contribution is -2.15. The summed E-state index contributed by atoms with van der Waals surface area (Å²) in [5, 5.41) is 8.69. The smallest absolute Gasteiger partial charge is 0.0701 e. The lowest BCUT2D eigenvalue weighted by molar-refractivity contribution is 0.0170. The van der Waals surface area contributed by atoms with Gasteiger partial charge in [-0.05, 0) is 12.8 Å². The topological polar surface area (TPSA) is 29.5 Å². The van der Waals surface area contributed by atoms with Crippen molar-refractivity contribution in [3.63, 3.8) is 0 Å². The highest BCUT2D eigenvalue weighted by Gasteiger charge is 2.07. The Morgan fingerprint density at radius 2 is 1.64 bits per heavy atom. The molecule has 0 amide bonds. The fourth-order valence-electron chi connectivity index (χ4n) is 1.58. The molecule has 14 heavy (non-hydrogen) atoms. The molecule has 0 heterocycles. The van der Waals surface area contributed by atoms with Gasteiger partial charge in [-0.25, -0.2) is 0 Å². The second-order valence-corrected chi connectivity index (χ2v) is 3.85. The van der Waals surface area contributed by atoms with Gasteiger partial charge in [0.05, 0.1) is 19.3 Å². The molecule has 2 heteroatoms. The third-order valence-corrected chi connectivity index (χ3v) is 2.45. The highest BCUT2D eigenvalue weighted by Crippen LogP contribution is 2.13. The van der Waals surface area contributed by atoms with E-state index in [1.165, 1.54) is 32.1 Å². The Bertz CT molecular complexity index is 96.5. The van der Waals surface area contributed by atoms with Crippen molar-refractivity contribution >= 4 is 0 Å². The zero-order chi connectivity index (χ0) is 10.6. The van der Waals surface area contributed by atoms with E-state index >= 15 is 0 Å². The highest BCUT2D eigenvalue weighted by molar-refractivity contribution is 4.58. The summed E-state index contributed by atoms with van der Waals surface area (Å²) in [5.41, 5.74) is 0. The van der Waals surface area contributed by atoms with Gasteiger partial charge in [-0.15, -0.1) is 0 Å². The van der Waals surface area contributed by atoms with E-state index in [-0.39, 0.29) is 6.61 Å². The maximum atomic E-state index is 8.69.